The third-order valence-electron chi connectivity index (χ3n) is 5.67. The van der Waals surface area contributed by atoms with E-state index < -0.39 is 38.7 Å². The number of anilines is 1. The third kappa shape index (κ3) is 8.63. The van der Waals surface area contributed by atoms with E-state index in [1.165, 1.54) is 0 Å². The predicted molar refractivity (Wildman–Crippen MR) is 141 cm³/mol. The van der Waals surface area contributed by atoms with Crippen LogP contribution in [0.2, 0.25) is 0 Å². The van der Waals surface area contributed by atoms with Crippen LogP contribution < -0.4 is 15.4 Å². The van der Waals surface area contributed by atoms with E-state index in [-0.39, 0.29) is 18.9 Å². The van der Waals surface area contributed by atoms with E-state index in [1.807, 2.05) is 13.0 Å². The highest BCUT2D eigenvalue weighted by molar-refractivity contribution is 7.89. The average molecular weight is 564 g/mol. The highest BCUT2D eigenvalue weighted by atomic mass is 32.2. The van der Waals surface area contributed by atoms with Gasteiger partial charge in [0, 0.05) is 5.69 Å². The first-order valence-electron chi connectivity index (χ1n) is 12.0. The summed E-state index contributed by atoms with van der Waals surface area (Å²) in [6.07, 6.45) is -3.92. The summed E-state index contributed by atoms with van der Waals surface area (Å²) in [6, 6.07) is 15.2. The van der Waals surface area contributed by atoms with Crippen LogP contribution in [-0.2, 0) is 32.2 Å². The highest BCUT2D eigenvalue weighted by Crippen LogP contribution is 2.30. The van der Waals surface area contributed by atoms with Crippen molar-refractivity contribution in [3.63, 3.8) is 0 Å². The second-order valence-corrected chi connectivity index (χ2v) is 10.5. The number of carbonyl (C=O) groups excluding carboxylic acids is 1. The molecule has 0 aliphatic rings. The summed E-state index contributed by atoms with van der Waals surface area (Å²) in [5.74, 6) is -1.61. The summed E-state index contributed by atoms with van der Waals surface area (Å²) in [5.41, 5.74) is 1.71. The van der Waals surface area contributed by atoms with Gasteiger partial charge < -0.3 is 15.7 Å². The number of sulfonamides is 1. The molecular weight excluding hydrogens is 535 g/mol. The molecule has 0 bridgehead atoms. The second-order valence-electron chi connectivity index (χ2n) is 8.74. The van der Waals surface area contributed by atoms with Gasteiger partial charge in [0.1, 0.15) is 6.04 Å². The van der Waals surface area contributed by atoms with E-state index in [0.29, 0.717) is 23.4 Å². The Morgan fingerprint density at radius 3 is 2.21 bits per heavy atom. The first-order valence-corrected chi connectivity index (χ1v) is 13.5. The van der Waals surface area contributed by atoms with Crippen molar-refractivity contribution in [1.82, 2.24) is 10.0 Å². The van der Waals surface area contributed by atoms with Gasteiger partial charge in [-0.15, -0.1) is 0 Å². The van der Waals surface area contributed by atoms with Crippen molar-refractivity contribution in [3.8, 4) is 11.1 Å². The Labute approximate surface area is 224 Å². The van der Waals surface area contributed by atoms with Crippen LogP contribution in [0, 0.1) is 0 Å². The smallest absolute Gasteiger partial charge is 0.416 e. The van der Waals surface area contributed by atoms with Gasteiger partial charge in [-0.2, -0.15) is 17.9 Å². The van der Waals surface area contributed by atoms with Gasteiger partial charge in [0.25, 0.3) is 0 Å². The lowest BCUT2D eigenvalue weighted by atomic mass is 10.0. The minimum absolute atomic E-state index is 0.172. The molecule has 0 aliphatic carbocycles. The van der Waals surface area contributed by atoms with Crippen LogP contribution in [-0.4, -0.2) is 44.5 Å². The maximum Gasteiger partial charge on any atom is 0.416 e. The van der Waals surface area contributed by atoms with Crippen LogP contribution in [0.4, 0.5) is 18.9 Å². The van der Waals surface area contributed by atoms with Crippen LogP contribution in [0.15, 0.2) is 77.7 Å². The van der Waals surface area contributed by atoms with Crippen LogP contribution in [0.25, 0.3) is 11.1 Å². The van der Waals surface area contributed by atoms with Crippen LogP contribution in [0.1, 0.15) is 24.5 Å². The lowest BCUT2D eigenvalue weighted by Gasteiger charge is -2.16. The Morgan fingerprint density at radius 1 is 0.949 bits per heavy atom. The molecule has 208 valence electrons. The fraction of sp³-hybridized carbons (Fsp3) is 0.259. The molecule has 0 spiro atoms. The zero-order valence-corrected chi connectivity index (χ0v) is 21.8. The summed E-state index contributed by atoms with van der Waals surface area (Å²) in [6.45, 7) is 2.93. The summed E-state index contributed by atoms with van der Waals surface area (Å²) < 4.78 is 65.6. The van der Waals surface area contributed by atoms with Gasteiger partial charge in [0.15, 0.2) is 0 Å². The highest BCUT2D eigenvalue weighted by Gasteiger charge is 2.31. The Bertz CT molecular complexity index is 1390. The van der Waals surface area contributed by atoms with Gasteiger partial charge in [0.2, 0.25) is 15.9 Å². The van der Waals surface area contributed by atoms with Crippen LogP contribution in [0.5, 0.6) is 0 Å². The maximum absolute atomic E-state index is 12.8. The van der Waals surface area contributed by atoms with Crippen molar-refractivity contribution in [2.45, 2.75) is 36.9 Å². The quantitative estimate of drug-likeness (QED) is 0.244. The van der Waals surface area contributed by atoms with Crippen molar-refractivity contribution in [1.29, 1.82) is 0 Å². The van der Waals surface area contributed by atoms with E-state index in [2.05, 4.69) is 15.4 Å². The van der Waals surface area contributed by atoms with E-state index in [4.69, 9.17) is 0 Å². The average Bonchev–Trinajstić information content (AvgIpc) is 2.88. The molecule has 0 saturated carbocycles. The molecule has 0 heterocycles. The van der Waals surface area contributed by atoms with Crippen molar-refractivity contribution < 1.29 is 36.3 Å². The fourth-order valence-electron chi connectivity index (χ4n) is 3.69. The zero-order valence-electron chi connectivity index (χ0n) is 21.0. The van der Waals surface area contributed by atoms with Gasteiger partial charge in [-0.1, -0.05) is 43.3 Å². The molecule has 4 N–H and O–H groups in total. The van der Waals surface area contributed by atoms with Crippen molar-refractivity contribution in [2.75, 3.05) is 18.4 Å². The lowest BCUT2D eigenvalue weighted by molar-refractivity contribution is -0.139. The van der Waals surface area contributed by atoms with E-state index in [9.17, 15) is 36.3 Å². The molecule has 3 aromatic rings. The van der Waals surface area contributed by atoms with Gasteiger partial charge in [-0.25, -0.2) is 8.42 Å². The summed E-state index contributed by atoms with van der Waals surface area (Å²) in [7, 11) is -4.40. The first kappa shape index (κ1) is 29.8. The van der Waals surface area contributed by atoms with E-state index >= 15 is 0 Å². The lowest BCUT2D eigenvalue weighted by Crippen LogP contribution is -2.42. The topological polar surface area (TPSA) is 125 Å². The molecule has 0 aliphatic heterocycles. The number of hydrogen-bond acceptors (Lipinski definition) is 5. The number of benzene rings is 3. The number of carboxylic acid groups (broad SMARTS) is 1. The standard InChI is InChI=1S/C27H28F3N3O5S/c1-2-14-31-17-25(34)32-22-5-3-4-20(16-22)19-8-6-18(7-9-19)15-24(26(35)36)33-39(37,38)23-12-10-21(11-13-23)27(28,29)30/h3-13,16,24,31,33H,2,14-15,17H2,1H3,(H,32,34)(H,35,36). The second kappa shape index (κ2) is 12.9. The number of aliphatic carboxylic acids is 1. The number of amides is 1. The summed E-state index contributed by atoms with van der Waals surface area (Å²) >= 11 is 0. The van der Waals surface area contributed by atoms with Crippen molar-refractivity contribution >= 4 is 27.6 Å². The van der Waals surface area contributed by atoms with E-state index in [0.717, 1.165) is 36.2 Å². The first-order chi connectivity index (χ1) is 18.4. The summed E-state index contributed by atoms with van der Waals surface area (Å²) in [5, 5.41) is 15.4. The fourth-order valence-corrected chi connectivity index (χ4v) is 4.88. The number of rotatable bonds is 12. The number of carbonyl (C=O) groups is 2. The molecular formula is C27H28F3N3O5S. The van der Waals surface area contributed by atoms with Crippen LogP contribution >= 0.6 is 0 Å². The Balaban J connectivity index is 1.69. The molecule has 0 aromatic heterocycles. The number of hydrogen-bond donors (Lipinski definition) is 4. The molecule has 3 aromatic carbocycles. The molecule has 1 atom stereocenters. The number of carboxylic acids is 1. The Hall–Kier alpha value is -3.74. The Kier molecular flexibility index (Phi) is 9.84. The van der Waals surface area contributed by atoms with Gasteiger partial charge >= 0.3 is 12.1 Å². The largest absolute Gasteiger partial charge is 0.480 e. The molecule has 0 radical (unpaired) electrons. The monoisotopic (exact) mass is 563 g/mol. The third-order valence-corrected chi connectivity index (χ3v) is 7.16. The number of nitrogens with one attached hydrogen (secondary N) is 3. The normalized spacial score (nSPS) is 12.6. The number of halogens is 3. The predicted octanol–water partition coefficient (Wildman–Crippen LogP) is 4.28. The molecule has 1 amide bonds. The number of alkyl halides is 3. The molecule has 12 heteroatoms. The molecule has 0 fully saturated rings. The zero-order chi connectivity index (χ0) is 28.6. The van der Waals surface area contributed by atoms with Gasteiger partial charge in [0.05, 0.1) is 17.0 Å². The molecule has 1 unspecified atom stereocenters. The summed E-state index contributed by atoms with van der Waals surface area (Å²) in [4.78, 5) is 23.4. The van der Waals surface area contributed by atoms with Gasteiger partial charge in [-0.3, -0.25) is 9.59 Å². The maximum atomic E-state index is 12.8. The van der Waals surface area contributed by atoms with Crippen molar-refractivity contribution in [3.05, 3.63) is 83.9 Å². The Morgan fingerprint density at radius 2 is 1.62 bits per heavy atom. The van der Waals surface area contributed by atoms with Crippen LogP contribution in [0.3, 0.4) is 0 Å². The minimum atomic E-state index is -4.63. The SMILES string of the molecule is CCCNCC(=O)Nc1cccc(-c2ccc(CC(NS(=O)(=O)c3ccc(C(F)(F)F)cc3)C(=O)O)cc2)c1. The molecule has 0 saturated heterocycles. The molecule has 3 rings (SSSR count). The molecule has 8 nitrogen and oxygen atoms in total. The van der Waals surface area contributed by atoms with Crippen molar-refractivity contribution in [2.24, 2.45) is 0 Å². The minimum Gasteiger partial charge on any atom is -0.480 e. The van der Waals surface area contributed by atoms with Gasteiger partial charge in [-0.05, 0) is 72.5 Å². The van der Waals surface area contributed by atoms with E-state index in [1.54, 1.807) is 42.5 Å². The molecule has 39 heavy (non-hydrogen) atoms.